The molecule has 1 aliphatic rings. The molecule has 5 nitrogen and oxygen atoms in total. The van der Waals surface area contributed by atoms with Gasteiger partial charge in [0.25, 0.3) is 0 Å². The predicted molar refractivity (Wildman–Crippen MR) is 109 cm³/mol. The smallest absolute Gasteiger partial charge is 0.114 e. The standard InChI is InChI=1S/C22H42O5/c1-2-3-4-5-6-7-8-9-10-11-12-13-14-15-16-26-17-20(24)22-21(25)19(23)18-27-22/h5-6,19-25H,2-4,7-18H2,1H3/b6-5+/t19-,20+,21+,22+/m0/s1. The van der Waals surface area contributed by atoms with Crippen molar-refractivity contribution in [3.8, 4) is 0 Å². The quantitative estimate of drug-likeness (QED) is 0.262. The van der Waals surface area contributed by atoms with Gasteiger partial charge in [-0.25, -0.2) is 0 Å². The van der Waals surface area contributed by atoms with Gasteiger partial charge in [0.15, 0.2) is 0 Å². The van der Waals surface area contributed by atoms with Gasteiger partial charge in [-0.15, -0.1) is 0 Å². The molecule has 5 heteroatoms. The van der Waals surface area contributed by atoms with Crippen LogP contribution in [0.25, 0.3) is 0 Å². The van der Waals surface area contributed by atoms with Gasteiger partial charge in [-0.1, -0.05) is 70.4 Å². The normalized spacial score (nSPS) is 24.1. The minimum absolute atomic E-state index is 0.0680. The Labute approximate surface area is 165 Å². The van der Waals surface area contributed by atoms with E-state index >= 15 is 0 Å². The summed E-state index contributed by atoms with van der Waals surface area (Å²) in [5.74, 6) is 0. The van der Waals surface area contributed by atoms with Crippen LogP contribution < -0.4 is 0 Å². The highest BCUT2D eigenvalue weighted by molar-refractivity contribution is 4.87. The van der Waals surface area contributed by atoms with E-state index in [9.17, 15) is 15.3 Å². The van der Waals surface area contributed by atoms with Crippen LogP contribution in [0.5, 0.6) is 0 Å². The Morgan fingerprint density at radius 3 is 2.11 bits per heavy atom. The van der Waals surface area contributed by atoms with E-state index in [0.29, 0.717) is 6.61 Å². The Bertz CT molecular complexity index is 361. The molecule has 1 saturated heterocycles. The topological polar surface area (TPSA) is 79.2 Å². The summed E-state index contributed by atoms with van der Waals surface area (Å²) in [5.41, 5.74) is 0. The maximum atomic E-state index is 9.93. The lowest BCUT2D eigenvalue weighted by Crippen LogP contribution is -2.40. The highest BCUT2D eigenvalue weighted by Crippen LogP contribution is 2.18. The fourth-order valence-electron chi connectivity index (χ4n) is 3.35. The molecule has 0 radical (unpaired) electrons. The highest BCUT2D eigenvalue weighted by atomic mass is 16.5. The maximum Gasteiger partial charge on any atom is 0.114 e. The first-order valence-corrected chi connectivity index (χ1v) is 11.0. The van der Waals surface area contributed by atoms with Crippen molar-refractivity contribution < 1.29 is 24.8 Å². The van der Waals surface area contributed by atoms with Crippen LogP contribution in [0.3, 0.4) is 0 Å². The average molecular weight is 387 g/mol. The monoisotopic (exact) mass is 386 g/mol. The van der Waals surface area contributed by atoms with Gasteiger partial charge in [0, 0.05) is 6.61 Å². The number of hydrogen-bond donors (Lipinski definition) is 3. The Kier molecular flexibility index (Phi) is 15.0. The zero-order chi connectivity index (χ0) is 19.7. The first kappa shape index (κ1) is 24.6. The molecule has 27 heavy (non-hydrogen) atoms. The summed E-state index contributed by atoms with van der Waals surface area (Å²) in [4.78, 5) is 0. The summed E-state index contributed by atoms with van der Waals surface area (Å²) in [6, 6.07) is 0. The van der Waals surface area contributed by atoms with Gasteiger partial charge in [0.1, 0.15) is 24.4 Å². The number of aliphatic hydroxyl groups excluding tert-OH is 3. The Balaban J connectivity index is 1.80. The summed E-state index contributed by atoms with van der Waals surface area (Å²) in [6.07, 6.45) is 16.1. The van der Waals surface area contributed by atoms with E-state index in [4.69, 9.17) is 9.47 Å². The molecule has 0 aromatic rings. The van der Waals surface area contributed by atoms with Crippen molar-refractivity contribution in [1.29, 1.82) is 0 Å². The SMILES string of the molecule is CCCC/C=C/CCCCCCCCCCOC[C@@H](O)[C@H]1OC[C@H](O)[C@H]1O. The molecule has 0 spiro atoms. The fourth-order valence-corrected chi connectivity index (χ4v) is 3.35. The van der Waals surface area contributed by atoms with Gasteiger partial charge >= 0.3 is 0 Å². The zero-order valence-electron chi connectivity index (χ0n) is 17.2. The molecule has 0 aliphatic carbocycles. The molecule has 3 N–H and O–H groups in total. The van der Waals surface area contributed by atoms with Crippen LogP contribution >= 0.6 is 0 Å². The minimum Gasteiger partial charge on any atom is -0.388 e. The van der Waals surface area contributed by atoms with Gasteiger partial charge in [-0.05, 0) is 25.7 Å². The van der Waals surface area contributed by atoms with Crippen molar-refractivity contribution in [2.75, 3.05) is 19.8 Å². The van der Waals surface area contributed by atoms with E-state index in [1.165, 1.54) is 64.2 Å². The van der Waals surface area contributed by atoms with E-state index < -0.39 is 24.4 Å². The third-order valence-electron chi connectivity index (χ3n) is 5.16. The van der Waals surface area contributed by atoms with E-state index in [1.54, 1.807) is 0 Å². The van der Waals surface area contributed by atoms with Gasteiger partial charge in [0.05, 0.1) is 13.2 Å². The number of aliphatic hydroxyl groups is 3. The van der Waals surface area contributed by atoms with Crippen LogP contribution in [-0.4, -0.2) is 59.6 Å². The summed E-state index contributed by atoms with van der Waals surface area (Å²) in [7, 11) is 0. The van der Waals surface area contributed by atoms with Crippen LogP contribution in [0.1, 0.15) is 84.0 Å². The average Bonchev–Trinajstić information content (AvgIpc) is 3.00. The molecule has 0 amide bonds. The third-order valence-corrected chi connectivity index (χ3v) is 5.16. The van der Waals surface area contributed by atoms with Crippen LogP contribution in [0.15, 0.2) is 12.2 Å². The van der Waals surface area contributed by atoms with Crippen molar-refractivity contribution in [2.45, 2.75) is 108 Å². The second-order valence-electron chi connectivity index (χ2n) is 7.73. The molecule has 1 rings (SSSR count). The van der Waals surface area contributed by atoms with E-state index in [0.717, 1.165) is 12.8 Å². The van der Waals surface area contributed by atoms with Gasteiger partial charge in [-0.2, -0.15) is 0 Å². The molecule has 1 fully saturated rings. The highest BCUT2D eigenvalue weighted by Gasteiger charge is 2.39. The maximum absolute atomic E-state index is 9.93. The largest absolute Gasteiger partial charge is 0.388 e. The van der Waals surface area contributed by atoms with E-state index in [2.05, 4.69) is 19.1 Å². The van der Waals surface area contributed by atoms with Gasteiger partial charge in [-0.3, -0.25) is 0 Å². The zero-order valence-corrected chi connectivity index (χ0v) is 17.2. The van der Waals surface area contributed by atoms with Crippen molar-refractivity contribution in [3.05, 3.63) is 12.2 Å². The van der Waals surface area contributed by atoms with Crippen LogP contribution in [0.2, 0.25) is 0 Å². The van der Waals surface area contributed by atoms with E-state index in [1.807, 2.05) is 0 Å². The minimum atomic E-state index is -1.03. The van der Waals surface area contributed by atoms with Crippen LogP contribution in [0, 0.1) is 0 Å². The first-order valence-electron chi connectivity index (χ1n) is 11.0. The number of ether oxygens (including phenoxy) is 2. The number of rotatable bonds is 17. The lowest BCUT2D eigenvalue weighted by Gasteiger charge is -2.20. The lowest BCUT2D eigenvalue weighted by atomic mass is 10.1. The molecule has 1 aliphatic heterocycles. The fraction of sp³-hybridized carbons (Fsp3) is 0.909. The second-order valence-corrected chi connectivity index (χ2v) is 7.73. The number of hydrogen-bond acceptors (Lipinski definition) is 5. The first-order chi connectivity index (χ1) is 13.2. The van der Waals surface area contributed by atoms with Crippen molar-refractivity contribution >= 4 is 0 Å². The molecule has 0 bridgehead atoms. The predicted octanol–water partition coefficient (Wildman–Crippen LogP) is 3.74. The molecule has 160 valence electrons. The van der Waals surface area contributed by atoms with Gasteiger partial charge in [0.2, 0.25) is 0 Å². The Morgan fingerprint density at radius 2 is 1.52 bits per heavy atom. The van der Waals surface area contributed by atoms with Crippen molar-refractivity contribution in [1.82, 2.24) is 0 Å². The second kappa shape index (κ2) is 16.5. The molecule has 0 unspecified atom stereocenters. The van der Waals surface area contributed by atoms with Crippen molar-refractivity contribution in [3.63, 3.8) is 0 Å². The van der Waals surface area contributed by atoms with E-state index in [-0.39, 0.29) is 13.2 Å². The Hall–Kier alpha value is -0.460. The molecule has 0 aromatic carbocycles. The third kappa shape index (κ3) is 11.9. The van der Waals surface area contributed by atoms with Crippen LogP contribution in [0.4, 0.5) is 0 Å². The summed E-state index contributed by atoms with van der Waals surface area (Å²) < 4.78 is 10.7. The summed E-state index contributed by atoms with van der Waals surface area (Å²) in [5, 5.41) is 29.0. The molecular formula is C22H42O5. The summed E-state index contributed by atoms with van der Waals surface area (Å²) in [6.45, 7) is 3.06. The molecule has 4 atom stereocenters. The van der Waals surface area contributed by atoms with Crippen LogP contribution in [-0.2, 0) is 9.47 Å². The molecular weight excluding hydrogens is 344 g/mol. The lowest BCUT2D eigenvalue weighted by molar-refractivity contribution is -0.0813. The molecule has 1 heterocycles. The number of unbranched alkanes of at least 4 members (excludes halogenated alkanes) is 10. The van der Waals surface area contributed by atoms with Crippen molar-refractivity contribution in [2.24, 2.45) is 0 Å². The number of allylic oxidation sites excluding steroid dienone is 2. The van der Waals surface area contributed by atoms with Gasteiger partial charge < -0.3 is 24.8 Å². The molecule has 0 saturated carbocycles. The Morgan fingerprint density at radius 1 is 0.926 bits per heavy atom. The summed E-state index contributed by atoms with van der Waals surface area (Å²) >= 11 is 0. The molecule has 0 aromatic heterocycles.